The number of benzene rings is 2. The molecule has 0 saturated heterocycles. The maximum Gasteiger partial charge on any atom is 0.287 e. The number of furan rings is 1. The third-order valence-corrected chi connectivity index (χ3v) is 6.36. The molecule has 188 valence electrons. The van der Waals surface area contributed by atoms with Crippen molar-refractivity contribution in [2.24, 2.45) is 0 Å². The molecule has 1 aromatic heterocycles. The molecule has 0 bridgehead atoms. The smallest absolute Gasteiger partial charge is 0.287 e. The molecule has 1 aliphatic rings. The van der Waals surface area contributed by atoms with Crippen molar-refractivity contribution in [1.29, 1.82) is 0 Å². The average molecular weight is 492 g/mol. The summed E-state index contributed by atoms with van der Waals surface area (Å²) in [6.45, 7) is -0.197. The van der Waals surface area contributed by atoms with Gasteiger partial charge in [-0.15, -0.1) is 0 Å². The first-order valence-electron chi connectivity index (χ1n) is 12.2. The first-order chi connectivity index (χ1) is 17.5. The van der Waals surface area contributed by atoms with Gasteiger partial charge in [-0.1, -0.05) is 61.7 Å². The fourth-order valence-corrected chi connectivity index (χ4v) is 4.50. The van der Waals surface area contributed by atoms with Gasteiger partial charge in [0.1, 0.15) is 11.9 Å². The summed E-state index contributed by atoms with van der Waals surface area (Å²) in [5, 5.41) is 5.68. The zero-order chi connectivity index (χ0) is 25.3. The number of rotatable bonds is 9. The largest absolute Gasteiger partial charge is 0.459 e. The Morgan fingerprint density at radius 2 is 1.67 bits per heavy atom. The van der Waals surface area contributed by atoms with Crippen LogP contribution in [0.4, 0.5) is 4.39 Å². The van der Waals surface area contributed by atoms with Gasteiger partial charge in [-0.25, -0.2) is 4.39 Å². The Labute approximate surface area is 209 Å². The summed E-state index contributed by atoms with van der Waals surface area (Å²) in [6.07, 6.45) is 6.36. The Morgan fingerprint density at radius 3 is 2.33 bits per heavy atom. The molecule has 4 rings (SSSR count). The minimum absolute atomic E-state index is 0.0292. The van der Waals surface area contributed by atoms with Crippen LogP contribution in [-0.4, -0.2) is 35.2 Å². The van der Waals surface area contributed by atoms with Gasteiger partial charge in [0, 0.05) is 12.6 Å². The third kappa shape index (κ3) is 6.59. The summed E-state index contributed by atoms with van der Waals surface area (Å²) < 4.78 is 18.8. The number of carbonyl (C=O) groups excluding carboxylic acids is 3. The first-order valence-corrected chi connectivity index (χ1v) is 12.2. The Morgan fingerprint density at radius 1 is 0.944 bits per heavy atom. The standard InChI is InChI=1S/C28H30FN3O4/c29-22-15-13-21(14-16-22)26(28(35)31-23-10-5-2-6-11-23)32(19-20-8-3-1-4-9-20)25(33)18-30-27(34)24-12-7-17-36-24/h1,3-4,7-9,12-17,23,26H,2,5-6,10-11,18-19H2,(H,30,34)(H,31,35)/t26-/m0/s1. The fourth-order valence-electron chi connectivity index (χ4n) is 4.50. The van der Waals surface area contributed by atoms with E-state index < -0.39 is 23.7 Å². The Kier molecular flexibility index (Phi) is 8.49. The van der Waals surface area contributed by atoms with Crippen molar-refractivity contribution in [2.75, 3.05) is 6.54 Å². The summed E-state index contributed by atoms with van der Waals surface area (Å²) in [7, 11) is 0. The molecule has 3 aromatic rings. The molecule has 8 heteroatoms. The van der Waals surface area contributed by atoms with Crippen LogP contribution in [0, 0.1) is 5.82 Å². The minimum Gasteiger partial charge on any atom is -0.459 e. The van der Waals surface area contributed by atoms with Crippen molar-refractivity contribution >= 4 is 17.7 Å². The molecule has 1 aliphatic carbocycles. The molecule has 1 heterocycles. The first kappa shape index (κ1) is 25.2. The number of halogens is 1. The molecule has 36 heavy (non-hydrogen) atoms. The molecular formula is C28H30FN3O4. The highest BCUT2D eigenvalue weighted by Gasteiger charge is 2.33. The van der Waals surface area contributed by atoms with Crippen molar-refractivity contribution in [3.8, 4) is 0 Å². The summed E-state index contributed by atoms with van der Waals surface area (Å²) in [6, 6.07) is 17.0. The summed E-state index contributed by atoms with van der Waals surface area (Å²) in [5.41, 5.74) is 1.31. The highest BCUT2D eigenvalue weighted by atomic mass is 19.1. The molecule has 2 N–H and O–H groups in total. The van der Waals surface area contributed by atoms with Crippen LogP contribution in [0.2, 0.25) is 0 Å². The molecule has 0 spiro atoms. The van der Waals surface area contributed by atoms with E-state index in [2.05, 4.69) is 10.6 Å². The Bertz CT molecular complexity index is 1140. The summed E-state index contributed by atoms with van der Waals surface area (Å²) in [5.74, 6) is -1.65. The second-order valence-corrected chi connectivity index (χ2v) is 8.96. The van der Waals surface area contributed by atoms with Crippen LogP contribution in [0.3, 0.4) is 0 Å². The van der Waals surface area contributed by atoms with Crippen molar-refractivity contribution in [1.82, 2.24) is 15.5 Å². The maximum absolute atomic E-state index is 13.7. The van der Waals surface area contributed by atoms with Gasteiger partial charge in [0.05, 0.1) is 12.8 Å². The molecular weight excluding hydrogens is 461 g/mol. The second-order valence-electron chi connectivity index (χ2n) is 8.96. The highest BCUT2D eigenvalue weighted by molar-refractivity contribution is 5.95. The molecule has 1 fully saturated rings. The van der Waals surface area contributed by atoms with Crippen LogP contribution in [0.25, 0.3) is 0 Å². The Balaban J connectivity index is 1.62. The van der Waals surface area contributed by atoms with E-state index in [4.69, 9.17) is 4.42 Å². The lowest BCUT2D eigenvalue weighted by atomic mass is 9.94. The lowest BCUT2D eigenvalue weighted by molar-refractivity contribution is -0.141. The Hall–Kier alpha value is -3.94. The van der Waals surface area contributed by atoms with Gasteiger partial charge in [-0.3, -0.25) is 14.4 Å². The quantitative estimate of drug-likeness (QED) is 0.465. The van der Waals surface area contributed by atoms with Crippen LogP contribution in [0.5, 0.6) is 0 Å². The van der Waals surface area contributed by atoms with Crippen LogP contribution < -0.4 is 10.6 Å². The molecule has 0 aliphatic heterocycles. The zero-order valence-corrected chi connectivity index (χ0v) is 20.0. The predicted octanol–water partition coefficient (Wildman–Crippen LogP) is 4.37. The van der Waals surface area contributed by atoms with Gasteiger partial charge >= 0.3 is 0 Å². The topological polar surface area (TPSA) is 91.7 Å². The second kappa shape index (κ2) is 12.2. The van der Waals surface area contributed by atoms with E-state index in [1.807, 2.05) is 30.3 Å². The SMILES string of the molecule is O=C(NCC(=O)N(Cc1ccccc1)[C@H](C(=O)NC1CCCCC1)c1ccc(F)cc1)c1ccco1. The van der Waals surface area contributed by atoms with Crippen LogP contribution in [-0.2, 0) is 16.1 Å². The van der Waals surface area contributed by atoms with Gasteiger partial charge in [-0.05, 0) is 48.2 Å². The minimum atomic E-state index is -0.999. The van der Waals surface area contributed by atoms with Crippen LogP contribution in [0.1, 0.15) is 59.8 Å². The van der Waals surface area contributed by atoms with E-state index in [1.54, 1.807) is 6.07 Å². The maximum atomic E-state index is 13.7. The highest BCUT2D eigenvalue weighted by Crippen LogP contribution is 2.26. The third-order valence-electron chi connectivity index (χ3n) is 6.36. The summed E-state index contributed by atoms with van der Waals surface area (Å²) >= 11 is 0. The van der Waals surface area contributed by atoms with Gasteiger partial charge in [0.15, 0.2) is 5.76 Å². The van der Waals surface area contributed by atoms with Crippen molar-refractivity contribution in [3.05, 3.63) is 95.7 Å². The van der Waals surface area contributed by atoms with E-state index in [0.29, 0.717) is 5.56 Å². The van der Waals surface area contributed by atoms with E-state index >= 15 is 0 Å². The predicted molar refractivity (Wildman–Crippen MR) is 132 cm³/mol. The number of carbonyl (C=O) groups is 3. The van der Waals surface area contributed by atoms with E-state index in [9.17, 15) is 18.8 Å². The number of hydrogen-bond donors (Lipinski definition) is 2. The van der Waals surface area contributed by atoms with Crippen molar-refractivity contribution in [2.45, 2.75) is 50.7 Å². The monoisotopic (exact) mass is 491 g/mol. The average Bonchev–Trinajstić information content (AvgIpc) is 3.44. The van der Waals surface area contributed by atoms with Gasteiger partial charge in [-0.2, -0.15) is 0 Å². The van der Waals surface area contributed by atoms with Crippen LogP contribution in [0.15, 0.2) is 77.4 Å². The normalized spacial score (nSPS) is 14.6. The number of nitrogens with one attached hydrogen (secondary N) is 2. The van der Waals surface area contributed by atoms with Gasteiger partial charge < -0.3 is 20.0 Å². The number of nitrogens with zero attached hydrogens (tertiary/aromatic N) is 1. The molecule has 0 radical (unpaired) electrons. The lowest BCUT2D eigenvalue weighted by Crippen LogP contribution is -2.49. The van der Waals surface area contributed by atoms with Gasteiger partial charge in [0.2, 0.25) is 11.8 Å². The van der Waals surface area contributed by atoms with Crippen LogP contribution >= 0.6 is 0 Å². The fraction of sp³-hybridized carbons (Fsp3) is 0.321. The van der Waals surface area contributed by atoms with Crippen molar-refractivity contribution < 1.29 is 23.2 Å². The number of amides is 3. The molecule has 1 atom stereocenters. The molecule has 0 unspecified atom stereocenters. The molecule has 3 amide bonds. The molecule has 2 aromatic carbocycles. The zero-order valence-electron chi connectivity index (χ0n) is 20.0. The van der Waals surface area contributed by atoms with E-state index in [1.165, 1.54) is 41.5 Å². The number of hydrogen-bond acceptors (Lipinski definition) is 4. The van der Waals surface area contributed by atoms with E-state index in [-0.39, 0.29) is 30.8 Å². The molecule has 7 nitrogen and oxygen atoms in total. The van der Waals surface area contributed by atoms with Gasteiger partial charge in [0.25, 0.3) is 5.91 Å². The summed E-state index contributed by atoms with van der Waals surface area (Å²) in [4.78, 5) is 41.0. The molecule has 1 saturated carbocycles. The van der Waals surface area contributed by atoms with Crippen molar-refractivity contribution in [3.63, 3.8) is 0 Å². The lowest BCUT2D eigenvalue weighted by Gasteiger charge is -2.33. The van der Waals surface area contributed by atoms with E-state index in [0.717, 1.165) is 37.7 Å².